The standard InChI is InChI=1S/C6H14N2/c1-4-8-5-6(2,3)7/h5H,4,7H2,1-3H3/b8-5-. The fourth-order valence-electron chi connectivity index (χ4n) is 0.327. The molecule has 0 radical (unpaired) electrons. The Labute approximate surface area is 50.8 Å². The first-order valence-corrected chi connectivity index (χ1v) is 2.86. The second kappa shape index (κ2) is 2.82. The molecule has 0 atom stereocenters. The van der Waals surface area contributed by atoms with E-state index in [-0.39, 0.29) is 5.54 Å². The van der Waals surface area contributed by atoms with Crippen molar-refractivity contribution in [3.8, 4) is 0 Å². The molecule has 0 unspecified atom stereocenters. The first-order chi connectivity index (χ1) is 3.56. The zero-order chi connectivity index (χ0) is 6.62. The number of aliphatic imine (C=N–C) groups is 1. The lowest BCUT2D eigenvalue weighted by atomic mass is 10.1. The Morgan fingerprint density at radius 3 is 2.25 bits per heavy atom. The quantitative estimate of drug-likeness (QED) is 0.530. The summed E-state index contributed by atoms with van der Waals surface area (Å²) in [6, 6.07) is 0. The summed E-state index contributed by atoms with van der Waals surface area (Å²) in [5.41, 5.74) is 5.33. The Balaban J connectivity index is 3.52. The molecule has 0 fully saturated rings. The highest BCUT2D eigenvalue weighted by molar-refractivity contribution is 5.68. The Hall–Kier alpha value is -0.370. The van der Waals surface area contributed by atoms with E-state index in [1.807, 2.05) is 20.8 Å². The van der Waals surface area contributed by atoms with E-state index >= 15 is 0 Å². The van der Waals surface area contributed by atoms with E-state index in [2.05, 4.69) is 4.99 Å². The third-order valence-electron chi connectivity index (χ3n) is 0.607. The van der Waals surface area contributed by atoms with Gasteiger partial charge in [-0.25, -0.2) is 0 Å². The molecule has 2 N–H and O–H groups in total. The van der Waals surface area contributed by atoms with Gasteiger partial charge in [-0.15, -0.1) is 0 Å². The Kier molecular flexibility index (Phi) is 2.69. The van der Waals surface area contributed by atoms with Gasteiger partial charge in [-0.3, -0.25) is 4.99 Å². The second-order valence-corrected chi connectivity index (χ2v) is 2.45. The van der Waals surface area contributed by atoms with Crippen LogP contribution < -0.4 is 5.73 Å². The van der Waals surface area contributed by atoms with Crippen LogP contribution in [0, 0.1) is 0 Å². The highest BCUT2D eigenvalue weighted by Crippen LogP contribution is 1.89. The molecule has 0 aliphatic carbocycles. The third-order valence-corrected chi connectivity index (χ3v) is 0.607. The van der Waals surface area contributed by atoms with Gasteiger partial charge in [-0.2, -0.15) is 0 Å². The van der Waals surface area contributed by atoms with Gasteiger partial charge in [-0.05, 0) is 20.8 Å². The molecule has 0 saturated heterocycles. The smallest absolute Gasteiger partial charge is 0.0451 e. The summed E-state index contributed by atoms with van der Waals surface area (Å²) in [5, 5.41) is 0. The van der Waals surface area contributed by atoms with E-state index in [4.69, 9.17) is 5.73 Å². The predicted octanol–water partition coefficient (Wildman–Crippen LogP) is 0.814. The Morgan fingerprint density at radius 2 is 2.12 bits per heavy atom. The fraction of sp³-hybridized carbons (Fsp3) is 0.833. The van der Waals surface area contributed by atoms with E-state index in [9.17, 15) is 0 Å². The number of hydrogen-bond acceptors (Lipinski definition) is 2. The maximum Gasteiger partial charge on any atom is 0.0451 e. The Bertz CT molecular complexity index is 79.0. The lowest BCUT2D eigenvalue weighted by Gasteiger charge is -2.09. The zero-order valence-electron chi connectivity index (χ0n) is 5.81. The average molecular weight is 114 g/mol. The van der Waals surface area contributed by atoms with E-state index in [1.54, 1.807) is 6.21 Å². The average Bonchev–Trinajstić information content (AvgIpc) is 1.59. The summed E-state index contributed by atoms with van der Waals surface area (Å²) in [4.78, 5) is 3.99. The van der Waals surface area contributed by atoms with Gasteiger partial charge in [0.15, 0.2) is 0 Å². The molecule has 0 aromatic carbocycles. The molecule has 2 heteroatoms. The predicted molar refractivity (Wildman–Crippen MR) is 37.3 cm³/mol. The van der Waals surface area contributed by atoms with Crippen molar-refractivity contribution in [2.75, 3.05) is 6.54 Å². The molecule has 0 bridgehead atoms. The van der Waals surface area contributed by atoms with Crippen molar-refractivity contribution in [1.29, 1.82) is 0 Å². The van der Waals surface area contributed by atoms with Crippen LogP contribution in [0.2, 0.25) is 0 Å². The lowest BCUT2D eigenvalue weighted by molar-refractivity contribution is 0.711. The van der Waals surface area contributed by atoms with Gasteiger partial charge in [0.2, 0.25) is 0 Å². The van der Waals surface area contributed by atoms with E-state index in [0.29, 0.717) is 0 Å². The topological polar surface area (TPSA) is 38.4 Å². The van der Waals surface area contributed by atoms with Gasteiger partial charge >= 0.3 is 0 Å². The van der Waals surface area contributed by atoms with E-state index in [1.165, 1.54) is 0 Å². The molecule has 0 aromatic rings. The minimum Gasteiger partial charge on any atom is -0.321 e. The monoisotopic (exact) mass is 114 g/mol. The van der Waals surface area contributed by atoms with Crippen LogP contribution in [0.15, 0.2) is 4.99 Å². The van der Waals surface area contributed by atoms with Gasteiger partial charge < -0.3 is 5.73 Å². The molecule has 0 aliphatic heterocycles. The SMILES string of the molecule is CC/N=C\C(C)(C)N. The molecule has 0 spiro atoms. The van der Waals surface area contributed by atoms with Crippen molar-refractivity contribution in [2.45, 2.75) is 26.3 Å². The van der Waals surface area contributed by atoms with Crippen molar-refractivity contribution in [3.05, 3.63) is 0 Å². The molecule has 2 nitrogen and oxygen atoms in total. The minimum absolute atomic E-state index is 0.240. The highest BCUT2D eigenvalue weighted by atomic mass is 14.8. The number of nitrogens with two attached hydrogens (primary N) is 1. The molecule has 48 valence electrons. The molecule has 0 aromatic heterocycles. The molecule has 8 heavy (non-hydrogen) atoms. The van der Waals surface area contributed by atoms with Gasteiger partial charge in [-0.1, -0.05) is 0 Å². The maximum atomic E-state index is 5.57. The molecule has 0 aliphatic rings. The molecule has 0 rings (SSSR count). The van der Waals surface area contributed by atoms with Crippen molar-refractivity contribution in [1.82, 2.24) is 0 Å². The molecule has 0 heterocycles. The molecular formula is C6H14N2. The lowest BCUT2D eigenvalue weighted by Crippen LogP contribution is -2.33. The number of rotatable bonds is 2. The Morgan fingerprint density at radius 1 is 1.62 bits per heavy atom. The first-order valence-electron chi connectivity index (χ1n) is 2.86. The fourth-order valence-corrected chi connectivity index (χ4v) is 0.327. The molecule has 0 amide bonds. The van der Waals surface area contributed by atoms with Crippen LogP contribution in [0.5, 0.6) is 0 Å². The molecule has 0 saturated carbocycles. The maximum absolute atomic E-state index is 5.57. The zero-order valence-corrected chi connectivity index (χ0v) is 5.81. The number of nitrogens with zero attached hydrogens (tertiary/aromatic N) is 1. The van der Waals surface area contributed by atoms with Gasteiger partial charge in [0.1, 0.15) is 0 Å². The van der Waals surface area contributed by atoms with Crippen molar-refractivity contribution >= 4 is 6.21 Å². The van der Waals surface area contributed by atoms with Gasteiger partial charge in [0.25, 0.3) is 0 Å². The molecular weight excluding hydrogens is 100 g/mol. The van der Waals surface area contributed by atoms with Crippen LogP contribution in [-0.2, 0) is 0 Å². The van der Waals surface area contributed by atoms with Gasteiger partial charge in [0, 0.05) is 18.3 Å². The van der Waals surface area contributed by atoms with Crippen LogP contribution in [-0.4, -0.2) is 18.3 Å². The van der Waals surface area contributed by atoms with Crippen molar-refractivity contribution in [3.63, 3.8) is 0 Å². The van der Waals surface area contributed by atoms with Gasteiger partial charge in [0.05, 0.1) is 0 Å². The second-order valence-electron chi connectivity index (χ2n) is 2.45. The summed E-state index contributed by atoms with van der Waals surface area (Å²) >= 11 is 0. The van der Waals surface area contributed by atoms with Crippen LogP contribution in [0.1, 0.15) is 20.8 Å². The normalized spacial score (nSPS) is 13.0. The van der Waals surface area contributed by atoms with Crippen LogP contribution >= 0.6 is 0 Å². The van der Waals surface area contributed by atoms with Crippen molar-refractivity contribution < 1.29 is 0 Å². The summed E-state index contributed by atoms with van der Waals surface area (Å²) < 4.78 is 0. The first kappa shape index (κ1) is 7.63. The van der Waals surface area contributed by atoms with Crippen LogP contribution in [0.25, 0.3) is 0 Å². The summed E-state index contributed by atoms with van der Waals surface area (Å²) in [6.45, 7) is 6.65. The summed E-state index contributed by atoms with van der Waals surface area (Å²) in [5.74, 6) is 0. The van der Waals surface area contributed by atoms with E-state index < -0.39 is 0 Å². The van der Waals surface area contributed by atoms with E-state index in [0.717, 1.165) is 6.54 Å². The minimum atomic E-state index is -0.240. The van der Waals surface area contributed by atoms with Crippen LogP contribution in [0.4, 0.5) is 0 Å². The summed E-state index contributed by atoms with van der Waals surface area (Å²) in [7, 11) is 0. The van der Waals surface area contributed by atoms with Crippen LogP contribution in [0.3, 0.4) is 0 Å². The summed E-state index contributed by atoms with van der Waals surface area (Å²) in [6.07, 6.45) is 1.77. The van der Waals surface area contributed by atoms with Crippen molar-refractivity contribution in [2.24, 2.45) is 10.7 Å². The third kappa shape index (κ3) is 5.63. The largest absolute Gasteiger partial charge is 0.321 e. The highest BCUT2D eigenvalue weighted by Gasteiger charge is 2.03. The number of hydrogen-bond donors (Lipinski definition) is 1.